The van der Waals surface area contributed by atoms with Gasteiger partial charge < -0.3 is 15.2 Å². The summed E-state index contributed by atoms with van der Waals surface area (Å²) in [6.07, 6.45) is 1.95. The number of phenolic OH excluding ortho intramolecular Hbond substituents is 1. The van der Waals surface area contributed by atoms with Crippen LogP contribution in [0.25, 0.3) is 0 Å². The molecule has 2 heterocycles. The number of nitrogens with one attached hydrogen (secondary N) is 1. The van der Waals surface area contributed by atoms with E-state index in [0.29, 0.717) is 11.4 Å². The standard InChI is InChI=1S/C15H14N2O2S/c16-7-13-6-12(9-20-13)17-8-11-5-15-10(4-14(11)18)2-1-3-19-15/h4-6,9,17-18H,1-3,8H2. The number of hydrogen-bond acceptors (Lipinski definition) is 5. The number of hydrogen-bond donors (Lipinski definition) is 2. The Morgan fingerprint density at radius 1 is 1.40 bits per heavy atom. The van der Waals surface area contributed by atoms with Crippen molar-refractivity contribution in [2.75, 3.05) is 11.9 Å². The van der Waals surface area contributed by atoms with Crippen molar-refractivity contribution in [3.05, 3.63) is 39.6 Å². The van der Waals surface area contributed by atoms with E-state index in [1.807, 2.05) is 11.4 Å². The van der Waals surface area contributed by atoms with Gasteiger partial charge in [-0.15, -0.1) is 11.3 Å². The van der Waals surface area contributed by atoms with Crippen molar-refractivity contribution in [2.45, 2.75) is 19.4 Å². The fourth-order valence-electron chi connectivity index (χ4n) is 2.25. The summed E-state index contributed by atoms with van der Waals surface area (Å²) in [5, 5.41) is 23.9. The first kappa shape index (κ1) is 12.8. The Balaban J connectivity index is 1.75. The topological polar surface area (TPSA) is 65.3 Å². The molecular formula is C15H14N2O2S. The van der Waals surface area contributed by atoms with Crippen molar-refractivity contribution in [2.24, 2.45) is 0 Å². The van der Waals surface area contributed by atoms with Gasteiger partial charge in [-0.1, -0.05) is 0 Å². The molecule has 0 fully saturated rings. The lowest BCUT2D eigenvalue weighted by atomic mass is 10.0. The predicted molar refractivity (Wildman–Crippen MR) is 78.3 cm³/mol. The minimum Gasteiger partial charge on any atom is -0.508 e. The van der Waals surface area contributed by atoms with Crippen LogP contribution in [0.2, 0.25) is 0 Å². The zero-order valence-electron chi connectivity index (χ0n) is 10.8. The highest BCUT2D eigenvalue weighted by Gasteiger charge is 2.14. The zero-order chi connectivity index (χ0) is 13.9. The van der Waals surface area contributed by atoms with E-state index in [1.165, 1.54) is 11.3 Å². The van der Waals surface area contributed by atoms with E-state index in [4.69, 9.17) is 10.00 Å². The third-order valence-electron chi connectivity index (χ3n) is 3.30. The lowest BCUT2D eigenvalue weighted by molar-refractivity contribution is 0.287. The normalized spacial score (nSPS) is 13.2. The molecule has 1 aliphatic rings. The fourth-order valence-corrected chi connectivity index (χ4v) is 2.91. The zero-order valence-corrected chi connectivity index (χ0v) is 11.7. The lowest BCUT2D eigenvalue weighted by Crippen LogP contribution is -2.09. The summed E-state index contributed by atoms with van der Waals surface area (Å²) in [4.78, 5) is 0.672. The van der Waals surface area contributed by atoms with Crippen LogP contribution < -0.4 is 10.1 Å². The van der Waals surface area contributed by atoms with Crippen molar-refractivity contribution in [3.8, 4) is 17.6 Å². The lowest BCUT2D eigenvalue weighted by Gasteiger charge is -2.19. The molecular weight excluding hydrogens is 272 g/mol. The number of ether oxygens (including phenoxy) is 1. The quantitative estimate of drug-likeness (QED) is 0.909. The monoisotopic (exact) mass is 286 g/mol. The molecule has 0 aliphatic carbocycles. The number of fused-ring (bicyclic) bond motifs is 1. The first-order valence-corrected chi connectivity index (χ1v) is 7.34. The predicted octanol–water partition coefficient (Wildman–Crippen LogP) is 3.26. The molecule has 1 aromatic carbocycles. The molecule has 0 atom stereocenters. The second-order valence-electron chi connectivity index (χ2n) is 4.71. The third kappa shape index (κ3) is 2.56. The first-order chi connectivity index (χ1) is 9.76. The first-order valence-electron chi connectivity index (χ1n) is 6.46. The number of rotatable bonds is 3. The Hall–Kier alpha value is -2.19. The van der Waals surface area contributed by atoms with Crippen molar-refractivity contribution < 1.29 is 9.84 Å². The van der Waals surface area contributed by atoms with Crippen LogP contribution in [0.1, 0.15) is 22.4 Å². The molecule has 102 valence electrons. The van der Waals surface area contributed by atoms with E-state index < -0.39 is 0 Å². The third-order valence-corrected chi connectivity index (χ3v) is 4.14. The smallest absolute Gasteiger partial charge is 0.123 e. The van der Waals surface area contributed by atoms with Crippen LogP contribution in [-0.2, 0) is 13.0 Å². The molecule has 1 aliphatic heterocycles. The summed E-state index contributed by atoms with van der Waals surface area (Å²) >= 11 is 1.40. The van der Waals surface area contributed by atoms with E-state index in [2.05, 4.69) is 11.4 Å². The van der Waals surface area contributed by atoms with Crippen molar-refractivity contribution >= 4 is 17.0 Å². The van der Waals surface area contributed by atoms with E-state index in [0.717, 1.165) is 42.0 Å². The van der Waals surface area contributed by atoms with E-state index in [1.54, 1.807) is 12.1 Å². The fraction of sp³-hybridized carbons (Fsp3) is 0.267. The summed E-state index contributed by atoms with van der Waals surface area (Å²) in [5.41, 5.74) is 2.76. The summed E-state index contributed by atoms with van der Waals surface area (Å²) in [7, 11) is 0. The molecule has 2 aromatic rings. The van der Waals surface area contributed by atoms with Crippen LogP contribution in [0.4, 0.5) is 5.69 Å². The van der Waals surface area contributed by atoms with Gasteiger partial charge in [0.25, 0.3) is 0 Å². The molecule has 4 nitrogen and oxygen atoms in total. The van der Waals surface area contributed by atoms with Crippen LogP contribution in [0, 0.1) is 11.3 Å². The molecule has 0 radical (unpaired) electrons. The number of benzene rings is 1. The maximum Gasteiger partial charge on any atom is 0.123 e. The number of aromatic hydroxyl groups is 1. The highest BCUT2D eigenvalue weighted by atomic mass is 32.1. The minimum absolute atomic E-state index is 0.289. The van der Waals surface area contributed by atoms with Crippen LogP contribution in [0.15, 0.2) is 23.6 Å². The van der Waals surface area contributed by atoms with Gasteiger partial charge in [-0.05, 0) is 36.6 Å². The van der Waals surface area contributed by atoms with Crippen LogP contribution in [0.3, 0.4) is 0 Å². The number of nitriles is 1. The Kier molecular flexibility index (Phi) is 3.48. The highest BCUT2D eigenvalue weighted by molar-refractivity contribution is 7.11. The van der Waals surface area contributed by atoms with Gasteiger partial charge in [0, 0.05) is 23.2 Å². The number of anilines is 1. The summed E-state index contributed by atoms with van der Waals surface area (Å²) < 4.78 is 5.61. The number of nitrogens with zero attached hydrogens (tertiary/aromatic N) is 1. The van der Waals surface area contributed by atoms with Crippen molar-refractivity contribution in [1.29, 1.82) is 5.26 Å². The number of phenols is 1. The molecule has 0 bridgehead atoms. The van der Waals surface area contributed by atoms with Gasteiger partial charge in [-0.25, -0.2) is 0 Å². The van der Waals surface area contributed by atoms with Gasteiger partial charge in [0.15, 0.2) is 0 Å². The van der Waals surface area contributed by atoms with Gasteiger partial charge in [0.05, 0.1) is 6.61 Å². The van der Waals surface area contributed by atoms with Crippen LogP contribution in [0.5, 0.6) is 11.5 Å². The molecule has 0 amide bonds. The van der Waals surface area contributed by atoms with Gasteiger partial charge in [-0.3, -0.25) is 0 Å². The largest absolute Gasteiger partial charge is 0.508 e. The number of thiophene rings is 1. The Labute approximate surface area is 121 Å². The van der Waals surface area contributed by atoms with Crippen LogP contribution >= 0.6 is 11.3 Å². The second-order valence-corrected chi connectivity index (χ2v) is 5.62. The molecule has 1 aromatic heterocycles. The molecule has 0 spiro atoms. The van der Waals surface area contributed by atoms with E-state index >= 15 is 0 Å². The number of aryl methyl sites for hydroxylation is 1. The highest BCUT2D eigenvalue weighted by Crippen LogP contribution is 2.32. The van der Waals surface area contributed by atoms with Crippen LogP contribution in [-0.4, -0.2) is 11.7 Å². The molecule has 20 heavy (non-hydrogen) atoms. The molecule has 2 N–H and O–H groups in total. The Bertz CT molecular complexity index is 673. The van der Waals surface area contributed by atoms with E-state index in [-0.39, 0.29) is 5.75 Å². The van der Waals surface area contributed by atoms with Crippen molar-refractivity contribution in [1.82, 2.24) is 0 Å². The van der Waals surface area contributed by atoms with Gasteiger partial charge in [0.1, 0.15) is 22.4 Å². The molecule has 0 saturated carbocycles. The molecule has 0 saturated heterocycles. The summed E-state index contributed by atoms with van der Waals surface area (Å²) in [6, 6.07) is 7.60. The molecule has 0 unspecified atom stereocenters. The van der Waals surface area contributed by atoms with E-state index in [9.17, 15) is 5.11 Å². The average molecular weight is 286 g/mol. The average Bonchev–Trinajstić information content (AvgIpc) is 2.93. The van der Waals surface area contributed by atoms with Gasteiger partial charge >= 0.3 is 0 Å². The Morgan fingerprint density at radius 3 is 3.10 bits per heavy atom. The Morgan fingerprint density at radius 2 is 2.30 bits per heavy atom. The van der Waals surface area contributed by atoms with Gasteiger partial charge in [-0.2, -0.15) is 5.26 Å². The van der Waals surface area contributed by atoms with Crippen molar-refractivity contribution in [3.63, 3.8) is 0 Å². The maximum absolute atomic E-state index is 10.1. The summed E-state index contributed by atoms with van der Waals surface area (Å²) in [6.45, 7) is 1.24. The second kappa shape index (κ2) is 5.43. The van der Waals surface area contributed by atoms with Gasteiger partial charge in [0.2, 0.25) is 0 Å². The molecule has 5 heteroatoms. The SMILES string of the molecule is N#Cc1cc(NCc2cc3c(cc2O)CCCO3)cs1. The minimum atomic E-state index is 0.289. The molecule has 3 rings (SSSR count). The maximum atomic E-state index is 10.1. The summed E-state index contributed by atoms with van der Waals surface area (Å²) in [5.74, 6) is 1.16.